The summed E-state index contributed by atoms with van der Waals surface area (Å²) in [6, 6.07) is 39.8. The average molecular weight is 555 g/mol. The normalized spacial score (nSPS) is 24.2. The minimum absolute atomic E-state index is 0.209. The zero-order valence-electron chi connectivity index (χ0n) is 23.4. The van der Waals surface area contributed by atoms with Crippen LogP contribution >= 0.6 is 0 Å². The van der Waals surface area contributed by atoms with Crippen LogP contribution in [0.1, 0.15) is 29.2 Å². The molecule has 0 spiro atoms. The van der Waals surface area contributed by atoms with E-state index in [1.54, 1.807) is 6.92 Å². The highest BCUT2D eigenvalue weighted by atomic mass is 16.7. The Kier molecular flexibility index (Phi) is 10.3. The molecule has 1 aliphatic heterocycles. The second-order valence-corrected chi connectivity index (χ2v) is 10.5. The summed E-state index contributed by atoms with van der Waals surface area (Å²) in [6.45, 7) is 3.22. The van der Waals surface area contributed by atoms with Crippen molar-refractivity contribution >= 4 is 0 Å². The second-order valence-electron chi connectivity index (χ2n) is 10.5. The van der Waals surface area contributed by atoms with Gasteiger partial charge >= 0.3 is 0 Å². The fraction of sp³-hybridized carbons (Fsp3) is 0.314. The Morgan fingerprint density at radius 1 is 0.561 bits per heavy atom. The van der Waals surface area contributed by atoms with E-state index in [-0.39, 0.29) is 13.2 Å². The molecule has 0 saturated carbocycles. The van der Waals surface area contributed by atoms with Gasteiger partial charge in [0.1, 0.15) is 24.4 Å². The van der Waals surface area contributed by atoms with Crippen molar-refractivity contribution in [1.82, 2.24) is 0 Å². The molecule has 0 aromatic heterocycles. The molecule has 5 rings (SSSR count). The van der Waals surface area contributed by atoms with E-state index < -0.39 is 30.2 Å². The van der Waals surface area contributed by atoms with Gasteiger partial charge in [-0.1, -0.05) is 121 Å². The maximum absolute atomic E-state index is 11.6. The molecular formula is C35H38O6. The van der Waals surface area contributed by atoms with Gasteiger partial charge in [0.15, 0.2) is 5.79 Å². The number of hydrogen-bond donors (Lipinski definition) is 1. The lowest BCUT2D eigenvalue weighted by Gasteiger charge is -2.49. The molecule has 41 heavy (non-hydrogen) atoms. The Morgan fingerprint density at radius 2 is 0.951 bits per heavy atom. The number of ether oxygens (including phenoxy) is 5. The van der Waals surface area contributed by atoms with E-state index in [1.165, 1.54) is 0 Å². The van der Waals surface area contributed by atoms with Crippen molar-refractivity contribution in [2.75, 3.05) is 6.61 Å². The zero-order chi connectivity index (χ0) is 28.3. The van der Waals surface area contributed by atoms with Crippen LogP contribution in [0.4, 0.5) is 0 Å². The first-order valence-corrected chi connectivity index (χ1v) is 14.1. The zero-order valence-corrected chi connectivity index (χ0v) is 23.4. The first-order chi connectivity index (χ1) is 20.1. The lowest BCUT2D eigenvalue weighted by atomic mass is 9.92. The Balaban J connectivity index is 1.39. The minimum atomic E-state index is -1.65. The third kappa shape index (κ3) is 8.33. The van der Waals surface area contributed by atoms with Crippen LogP contribution in [0.3, 0.4) is 0 Å². The standard InChI is InChI=1S/C35H38O6/c1-35(36)34(40-25-30-20-12-5-13-21-30)33(39-24-29-18-10-4-11-19-29)32(38-23-28-16-8-3-9-17-28)31(41-35)26-37-22-27-14-6-2-7-15-27/h2-21,31-34,36H,22-26H2,1H3/t31-,32-,33+,34+,35?/m1/s1. The summed E-state index contributed by atoms with van der Waals surface area (Å²) in [5, 5.41) is 11.6. The summed E-state index contributed by atoms with van der Waals surface area (Å²) in [6.07, 6.45) is -2.64. The molecule has 1 N–H and O–H groups in total. The van der Waals surface area contributed by atoms with Gasteiger partial charge in [-0.15, -0.1) is 0 Å². The minimum Gasteiger partial charge on any atom is -0.374 e. The molecule has 1 saturated heterocycles. The lowest BCUT2D eigenvalue weighted by Crippen LogP contribution is -2.66. The van der Waals surface area contributed by atoms with Crippen molar-refractivity contribution in [3.8, 4) is 0 Å². The molecular weight excluding hydrogens is 516 g/mol. The first-order valence-electron chi connectivity index (χ1n) is 14.1. The summed E-state index contributed by atoms with van der Waals surface area (Å²) in [4.78, 5) is 0. The van der Waals surface area contributed by atoms with Gasteiger partial charge in [-0.3, -0.25) is 0 Å². The molecule has 0 bridgehead atoms. The maximum Gasteiger partial charge on any atom is 0.192 e. The van der Waals surface area contributed by atoms with Gasteiger partial charge < -0.3 is 28.8 Å². The smallest absolute Gasteiger partial charge is 0.192 e. The van der Waals surface area contributed by atoms with E-state index in [0.717, 1.165) is 22.3 Å². The molecule has 1 unspecified atom stereocenters. The quantitative estimate of drug-likeness (QED) is 0.217. The highest BCUT2D eigenvalue weighted by Crippen LogP contribution is 2.35. The third-order valence-corrected chi connectivity index (χ3v) is 7.14. The predicted molar refractivity (Wildman–Crippen MR) is 157 cm³/mol. The van der Waals surface area contributed by atoms with Crippen LogP contribution in [0.5, 0.6) is 0 Å². The van der Waals surface area contributed by atoms with Crippen LogP contribution in [-0.4, -0.2) is 41.9 Å². The van der Waals surface area contributed by atoms with E-state index in [9.17, 15) is 5.11 Å². The van der Waals surface area contributed by atoms with Crippen LogP contribution in [0.15, 0.2) is 121 Å². The van der Waals surface area contributed by atoms with Gasteiger partial charge in [0.05, 0.1) is 33.0 Å². The fourth-order valence-corrected chi connectivity index (χ4v) is 5.05. The summed E-state index contributed by atoms with van der Waals surface area (Å²) >= 11 is 0. The Bertz CT molecular complexity index is 1280. The van der Waals surface area contributed by atoms with E-state index in [0.29, 0.717) is 19.8 Å². The van der Waals surface area contributed by atoms with Gasteiger partial charge in [-0.05, 0) is 29.2 Å². The largest absolute Gasteiger partial charge is 0.374 e. The first kappa shape index (κ1) is 29.1. The van der Waals surface area contributed by atoms with Crippen molar-refractivity contribution in [3.05, 3.63) is 144 Å². The Morgan fingerprint density at radius 3 is 1.41 bits per heavy atom. The lowest BCUT2D eigenvalue weighted by molar-refractivity contribution is -0.363. The molecule has 4 aromatic carbocycles. The number of benzene rings is 4. The number of hydrogen-bond acceptors (Lipinski definition) is 6. The van der Waals surface area contributed by atoms with Gasteiger partial charge in [-0.2, -0.15) is 0 Å². The maximum atomic E-state index is 11.6. The van der Waals surface area contributed by atoms with Crippen molar-refractivity contribution < 1.29 is 28.8 Å². The summed E-state index contributed by atoms with van der Waals surface area (Å²) in [5.74, 6) is -1.65. The van der Waals surface area contributed by atoms with Crippen molar-refractivity contribution in [2.45, 2.75) is 63.6 Å². The fourth-order valence-electron chi connectivity index (χ4n) is 5.05. The highest BCUT2D eigenvalue weighted by Gasteiger charge is 2.54. The summed E-state index contributed by atoms with van der Waals surface area (Å²) in [7, 11) is 0. The average Bonchev–Trinajstić information content (AvgIpc) is 3.01. The topological polar surface area (TPSA) is 66.4 Å². The van der Waals surface area contributed by atoms with Crippen LogP contribution < -0.4 is 0 Å². The Labute approximate surface area is 242 Å². The van der Waals surface area contributed by atoms with Gasteiger partial charge in [0, 0.05) is 0 Å². The van der Waals surface area contributed by atoms with Crippen molar-refractivity contribution in [3.63, 3.8) is 0 Å². The SMILES string of the molecule is CC1(O)O[C@H](COCc2ccccc2)[C@@H](OCc2ccccc2)[C@H](OCc2ccccc2)[C@@H]1OCc1ccccc1. The molecule has 1 aliphatic rings. The predicted octanol–water partition coefficient (Wildman–Crippen LogP) is 6.07. The molecule has 1 heterocycles. The molecule has 1 fully saturated rings. The molecule has 5 atom stereocenters. The third-order valence-electron chi connectivity index (χ3n) is 7.14. The Hall–Kier alpha value is -3.36. The van der Waals surface area contributed by atoms with Crippen molar-refractivity contribution in [2.24, 2.45) is 0 Å². The molecule has 0 amide bonds. The summed E-state index contributed by atoms with van der Waals surface area (Å²) < 4.78 is 31.9. The van der Waals surface area contributed by atoms with E-state index in [1.807, 2.05) is 121 Å². The van der Waals surface area contributed by atoms with E-state index in [4.69, 9.17) is 23.7 Å². The van der Waals surface area contributed by atoms with Crippen LogP contribution in [0.25, 0.3) is 0 Å². The molecule has 0 aliphatic carbocycles. The van der Waals surface area contributed by atoms with Gasteiger partial charge in [0.25, 0.3) is 0 Å². The molecule has 4 aromatic rings. The molecule has 214 valence electrons. The van der Waals surface area contributed by atoms with Gasteiger partial charge in [-0.25, -0.2) is 0 Å². The molecule has 6 heteroatoms. The number of aliphatic hydroxyl groups is 1. The van der Waals surface area contributed by atoms with Crippen LogP contribution in [0, 0.1) is 0 Å². The monoisotopic (exact) mass is 554 g/mol. The van der Waals surface area contributed by atoms with Crippen LogP contribution in [0.2, 0.25) is 0 Å². The van der Waals surface area contributed by atoms with E-state index in [2.05, 4.69) is 0 Å². The van der Waals surface area contributed by atoms with E-state index >= 15 is 0 Å². The second kappa shape index (κ2) is 14.5. The number of rotatable bonds is 13. The molecule has 0 radical (unpaired) electrons. The highest BCUT2D eigenvalue weighted by molar-refractivity contribution is 5.16. The van der Waals surface area contributed by atoms with Gasteiger partial charge in [0.2, 0.25) is 0 Å². The van der Waals surface area contributed by atoms with Crippen molar-refractivity contribution in [1.29, 1.82) is 0 Å². The van der Waals surface area contributed by atoms with Crippen LogP contribution in [-0.2, 0) is 50.1 Å². The molecule has 6 nitrogen and oxygen atoms in total. The summed E-state index contributed by atoms with van der Waals surface area (Å²) in [5.41, 5.74) is 4.08.